The molecule has 1 saturated heterocycles. The molecule has 0 spiro atoms. The van der Waals surface area contributed by atoms with E-state index >= 15 is 0 Å². The first-order valence-corrected chi connectivity index (χ1v) is 12.8. The number of likely N-dealkylation sites (tertiary alicyclic amines) is 1. The maximum Gasteiger partial charge on any atom is 0.337 e. The molecule has 1 aliphatic rings. The first-order valence-electron chi connectivity index (χ1n) is 12.8. The average Bonchev–Trinajstić information content (AvgIpc) is 3.20. The second kappa shape index (κ2) is 11.3. The number of esters is 1. The molecule has 1 unspecified atom stereocenters. The third kappa shape index (κ3) is 5.43. The molecule has 40 heavy (non-hydrogen) atoms. The van der Waals surface area contributed by atoms with Crippen LogP contribution in [0, 0.1) is 0 Å². The summed E-state index contributed by atoms with van der Waals surface area (Å²) in [6, 6.07) is 18.0. The molecule has 8 nitrogen and oxygen atoms in total. The van der Waals surface area contributed by atoms with E-state index in [2.05, 4.69) is 0 Å². The van der Waals surface area contributed by atoms with E-state index in [1.54, 1.807) is 80.9 Å². The van der Waals surface area contributed by atoms with E-state index in [4.69, 9.17) is 14.2 Å². The SMILES string of the molecule is COC(=O)c1ccc(CN2C(=O)C(=O)/C(=C(\O)c3ccc(OC)c(C(C)(C)C)c3)C2c2ccc(OC)cc2)cc1. The normalized spacial score (nSPS) is 16.6. The topological polar surface area (TPSA) is 102 Å². The van der Waals surface area contributed by atoms with Gasteiger partial charge in [0.15, 0.2) is 0 Å². The molecule has 1 heterocycles. The molecule has 0 aromatic heterocycles. The van der Waals surface area contributed by atoms with Gasteiger partial charge in [0, 0.05) is 17.7 Å². The van der Waals surface area contributed by atoms with Crippen LogP contribution in [-0.4, -0.2) is 49.0 Å². The molecule has 1 amide bonds. The third-order valence-corrected chi connectivity index (χ3v) is 6.98. The molecule has 0 bridgehead atoms. The standard InChI is InChI=1S/C32H33NO7/c1-32(2,3)24-17-22(13-16-25(24)39-5)28(34)26-27(20-11-14-23(38-4)15-12-20)33(30(36)29(26)35)18-19-7-9-21(10-8-19)31(37)40-6/h7-17,27,34H,18H2,1-6H3/b28-26-. The number of rotatable bonds is 7. The lowest BCUT2D eigenvalue weighted by atomic mass is 9.84. The molecule has 3 aromatic carbocycles. The Balaban J connectivity index is 1.84. The molecule has 1 fully saturated rings. The molecule has 4 rings (SSSR count). The number of hydrogen-bond acceptors (Lipinski definition) is 7. The maximum atomic E-state index is 13.5. The smallest absolute Gasteiger partial charge is 0.337 e. The zero-order chi connectivity index (χ0) is 29.2. The molecular formula is C32H33NO7. The number of methoxy groups -OCH3 is 3. The predicted octanol–water partition coefficient (Wildman–Crippen LogP) is 5.41. The summed E-state index contributed by atoms with van der Waals surface area (Å²) >= 11 is 0. The maximum absolute atomic E-state index is 13.5. The highest BCUT2D eigenvalue weighted by atomic mass is 16.5. The molecule has 0 radical (unpaired) electrons. The Hall–Kier alpha value is -4.59. The molecule has 1 N–H and O–H groups in total. The zero-order valence-electron chi connectivity index (χ0n) is 23.5. The van der Waals surface area contributed by atoms with Crippen LogP contribution in [0.5, 0.6) is 11.5 Å². The van der Waals surface area contributed by atoms with Crippen molar-refractivity contribution in [2.24, 2.45) is 0 Å². The van der Waals surface area contributed by atoms with E-state index in [0.717, 1.165) is 5.56 Å². The van der Waals surface area contributed by atoms with Gasteiger partial charge in [-0.05, 0) is 59.0 Å². The number of nitrogens with zero attached hydrogens (tertiary/aromatic N) is 1. The summed E-state index contributed by atoms with van der Waals surface area (Å²) in [5.41, 5.74) is 2.65. The highest BCUT2D eigenvalue weighted by Crippen LogP contribution is 2.42. The monoisotopic (exact) mass is 543 g/mol. The van der Waals surface area contributed by atoms with Crippen molar-refractivity contribution >= 4 is 23.4 Å². The largest absolute Gasteiger partial charge is 0.507 e. The Morgan fingerprint density at radius 1 is 0.875 bits per heavy atom. The van der Waals surface area contributed by atoms with Gasteiger partial charge in [-0.15, -0.1) is 0 Å². The van der Waals surface area contributed by atoms with Gasteiger partial charge in [-0.3, -0.25) is 9.59 Å². The number of ether oxygens (including phenoxy) is 3. The van der Waals surface area contributed by atoms with Crippen LogP contribution < -0.4 is 9.47 Å². The lowest BCUT2D eigenvalue weighted by Gasteiger charge is -2.26. The van der Waals surface area contributed by atoms with Gasteiger partial charge in [0.25, 0.3) is 11.7 Å². The van der Waals surface area contributed by atoms with Crippen LogP contribution in [0.1, 0.15) is 59.4 Å². The van der Waals surface area contributed by atoms with Crippen molar-refractivity contribution < 1.29 is 33.7 Å². The number of aliphatic hydroxyl groups excluding tert-OH is 1. The molecule has 208 valence electrons. The molecule has 1 aliphatic heterocycles. The summed E-state index contributed by atoms with van der Waals surface area (Å²) in [4.78, 5) is 40.2. The van der Waals surface area contributed by atoms with E-state index in [9.17, 15) is 19.5 Å². The van der Waals surface area contributed by atoms with E-state index in [1.807, 2.05) is 20.8 Å². The predicted molar refractivity (Wildman–Crippen MR) is 150 cm³/mol. The summed E-state index contributed by atoms with van der Waals surface area (Å²) in [7, 11) is 4.43. The second-order valence-electron chi connectivity index (χ2n) is 10.6. The number of amides is 1. The second-order valence-corrected chi connectivity index (χ2v) is 10.6. The van der Waals surface area contributed by atoms with E-state index < -0.39 is 23.7 Å². The number of aliphatic hydroxyl groups is 1. The Bertz CT molecular complexity index is 1460. The van der Waals surface area contributed by atoms with Crippen LogP contribution in [0.4, 0.5) is 0 Å². The molecule has 1 atom stereocenters. The van der Waals surface area contributed by atoms with Gasteiger partial charge in [-0.2, -0.15) is 0 Å². The number of carbonyl (C=O) groups excluding carboxylic acids is 3. The average molecular weight is 544 g/mol. The zero-order valence-corrected chi connectivity index (χ0v) is 23.5. The van der Waals surface area contributed by atoms with Crippen molar-refractivity contribution in [2.75, 3.05) is 21.3 Å². The van der Waals surface area contributed by atoms with Crippen LogP contribution in [-0.2, 0) is 26.3 Å². The van der Waals surface area contributed by atoms with Gasteiger partial charge >= 0.3 is 5.97 Å². The first kappa shape index (κ1) is 28.4. The van der Waals surface area contributed by atoms with E-state index in [-0.39, 0.29) is 23.3 Å². The van der Waals surface area contributed by atoms with Crippen LogP contribution in [0.25, 0.3) is 5.76 Å². The van der Waals surface area contributed by atoms with Gasteiger partial charge in [-0.25, -0.2) is 4.79 Å². The van der Waals surface area contributed by atoms with Crippen molar-refractivity contribution in [2.45, 2.75) is 38.8 Å². The Morgan fingerprint density at radius 2 is 1.50 bits per heavy atom. The number of ketones is 1. The fraction of sp³-hybridized carbons (Fsp3) is 0.281. The third-order valence-electron chi connectivity index (χ3n) is 6.98. The molecule has 3 aromatic rings. The van der Waals surface area contributed by atoms with Gasteiger partial charge in [0.1, 0.15) is 17.3 Å². The molecule has 0 aliphatic carbocycles. The minimum absolute atomic E-state index is 0.00799. The Labute approximate surface area is 233 Å². The minimum Gasteiger partial charge on any atom is -0.507 e. The van der Waals surface area contributed by atoms with Crippen molar-refractivity contribution in [1.29, 1.82) is 0 Å². The van der Waals surface area contributed by atoms with Gasteiger partial charge in [-0.1, -0.05) is 45.0 Å². The van der Waals surface area contributed by atoms with Crippen LogP contribution in [0.3, 0.4) is 0 Å². The van der Waals surface area contributed by atoms with Gasteiger partial charge in [0.05, 0.1) is 38.5 Å². The van der Waals surface area contributed by atoms with Crippen LogP contribution >= 0.6 is 0 Å². The van der Waals surface area contributed by atoms with Crippen molar-refractivity contribution in [3.8, 4) is 11.5 Å². The Kier molecular flexibility index (Phi) is 8.00. The lowest BCUT2D eigenvalue weighted by Crippen LogP contribution is -2.29. The van der Waals surface area contributed by atoms with E-state index in [0.29, 0.717) is 33.8 Å². The van der Waals surface area contributed by atoms with Gasteiger partial charge in [0.2, 0.25) is 0 Å². The number of Topliss-reactive ketones (excluding diaryl/α,β-unsaturated/α-hetero) is 1. The first-order chi connectivity index (χ1) is 19.0. The minimum atomic E-state index is -0.855. The summed E-state index contributed by atoms with van der Waals surface area (Å²) in [5.74, 6) is -0.979. The molecule has 8 heteroatoms. The summed E-state index contributed by atoms with van der Waals surface area (Å²) in [6.45, 7) is 6.15. The van der Waals surface area contributed by atoms with Crippen molar-refractivity contribution in [1.82, 2.24) is 4.90 Å². The Morgan fingerprint density at radius 3 is 2.05 bits per heavy atom. The summed E-state index contributed by atoms with van der Waals surface area (Å²) in [6.07, 6.45) is 0. The number of hydrogen-bond donors (Lipinski definition) is 1. The summed E-state index contributed by atoms with van der Waals surface area (Å²) < 4.78 is 15.6. The lowest BCUT2D eigenvalue weighted by molar-refractivity contribution is -0.140. The van der Waals surface area contributed by atoms with Crippen molar-refractivity contribution in [3.63, 3.8) is 0 Å². The number of benzene rings is 3. The van der Waals surface area contributed by atoms with E-state index in [1.165, 1.54) is 12.0 Å². The summed E-state index contributed by atoms with van der Waals surface area (Å²) in [5, 5.41) is 11.6. The molecule has 0 saturated carbocycles. The highest BCUT2D eigenvalue weighted by molar-refractivity contribution is 6.46. The van der Waals surface area contributed by atoms with Crippen LogP contribution in [0.2, 0.25) is 0 Å². The number of carbonyl (C=O) groups is 3. The quantitative estimate of drug-likeness (QED) is 0.184. The van der Waals surface area contributed by atoms with Gasteiger partial charge < -0.3 is 24.2 Å². The highest BCUT2D eigenvalue weighted by Gasteiger charge is 2.46. The fourth-order valence-corrected chi connectivity index (χ4v) is 4.83. The fourth-order valence-electron chi connectivity index (χ4n) is 4.83. The van der Waals surface area contributed by atoms with Crippen LogP contribution in [0.15, 0.2) is 72.3 Å². The van der Waals surface area contributed by atoms with Crippen molar-refractivity contribution in [3.05, 3.63) is 100 Å². The molecular weight excluding hydrogens is 510 g/mol.